The molecule has 0 radical (unpaired) electrons. The molecule has 0 saturated carbocycles. The van der Waals surface area contributed by atoms with Gasteiger partial charge >= 0.3 is 0 Å². The van der Waals surface area contributed by atoms with Crippen molar-refractivity contribution in [1.82, 2.24) is 4.98 Å². The third-order valence-corrected chi connectivity index (χ3v) is 7.12. The summed E-state index contributed by atoms with van der Waals surface area (Å²) in [4.78, 5) is 29.3. The molecule has 3 aromatic carbocycles. The fourth-order valence-corrected chi connectivity index (χ4v) is 5.02. The summed E-state index contributed by atoms with van der Waals surface area (Å²) in [6, 6.07) is 19.9. The van der Waals surface area contributed by atoms with Crippen molar-refractivity contribution >= 4 is 72.4 Å². The molecule has 1 aromatic heterocycles. The first-order valence-electron chi connectivity index (χ1n) is 9.54. The van der Waals surface area contributed by atoms with Crippen LogP contribution in [0.2, 0.25) is 0 Å². The lowest BCUT2D eigenvalue weighted by Crippen LogP contribution is -2.13. The fraction of sp³-hybridized carbons (Fsp3) is 0.0870. The molecule has 0 fully saturated rings. The Labute approximate surface area is 201 Å². The standard InChI is InChI=1S/C23H18BrN3O3S2/c1-30-18-9-2-14(3-10-18)22(29)26-17-8-11-19-20(12-17)32-23(27-19)31-13-21(28)25-16-6-4-15(24)5-7-16/h2-12H,13H2,1H3,(H,25,28)(H,26,29). The Balaban J connectivity index is 1.37. The van der Waals surface area contributed by atoms with Gasteiger partial charge in [0.1, 0.15) is 5.75 Å². The zero-order chi connectivity index (χ0) is 22.5. The smallest absolute Gasteiger partial charge is 0.255 e. The molecule has 4 aromatic rings. The van der Waals surface area contributed by atoms with Gasteiger partial charge in [-0.05, 0) is 66.7 Å². The molecule has 2 amide bonds. The van der Waals surface area contributed by atoms with E-state index in [1.54, 1.807) is 31.4 Å². The second-order valence-corrected chi connectivity index (χ2v) is 9.86. The summed E-state index contributed by atoms with van der Waals surface area (Å²) in [5.41, 5.74) is 2.81. The van der Waals surface area contributed by atoms with E-state index >= 15 is 0 Å². The highest BCUT2D eigenvalue weighted by Crippen LogP contribution is 2.31. The molecule has 1 heterocycles. The second kappa shape index (κ2) is 10.2. The normalized spacial score (nSPS) is 10.7. The van der Waals surface area contributed by atoms with Gasteiger partial charge in [0, 0.05) is 21.4 Å². The number of benzene rings is 3. The Morgan fingerprint density at radius 1 is 1.00 bits per heavy atom. The number of halogens is 1. The van der Waals surface area contributed by atoms with E-state index in [2.05, 4.69) is 31.5 Å². The molecule has 6 nitrogen and oxygen atoms in total. The van der Waals surface area contributed by atoms with Crippen LogP contribution in [0.25, 0.3) is 10.2 Å². The molecule has 0 atom stereocenters. The maximum atomic E-state index is 12.5. The number of rotatable bonds is 7. The minimum atomic E-state index is -0.198. The summed E-state index contributed by atoms with van der Waals surface area (Å²) < 4.78 is 7.81. The number of carbonyl (C=O) groups excluding carboxylic acids is 2. The second-order valence-electron chi connectivity index (χ2n) is 6.69. The van der Waals surface area contributed by atoms with E-state index in [9.17, 15) is 9.59 Å². The predicted molar refractivity (Wildman–Crippen MR) is 134 cm³/mol. The van der Waals surface area contributed by atoms with E-state index in [1.165, 1.54) is 23.1 Å². The lowest BCUT2D eigenvalue weighted by atomic mass is 10.2. The lowest BCUT2D eigenvalue weighted by molar-refractivity contribution is -0.113. The van der Waals surface area contributed by atoms with Gasteiger partial charge in [0.15, 0.2) is 4.34 Å². The molecule has 32 heavy (non-hydrogen) atoms. The zero-order valence-electron chi connectivity index (χ0n) is 16.9. The number of methoxy groups -OCH3 is 1. The molecule has 0 spiro atoms. The van der Waals surface area contributed by atoms with Crippen molar-refractivity contribution in [2.75, 3.05) is 23.5 Å². The summed E-state index contributed by atoms with van der Waals surface area (Å²) in [5, 5.41) is 5.77. The van der Waals surface area contributed by atoms with E-state index in [4.69, 9.17) is 4.74 Å². The lowest BCUT2D eigenvalue weighted by Gasteiger charge is -2.06. The van der Waals surface area contributed by atoms with Crippen molar-refractivity contribution in [3.8, 4) is 5.75 Å². The predicted octanol–water partition coefficient (Wildman–Crippen LogP) is 6.05. The molecular weight excluding hydrogens is 510 g/mol. The van der Waals surface area contributed by atoms with E-state index < -0.39 is 0 Å². The topological polar surface area (TPSA) is 80.3 Å². The highest BCUT2D eigenvalue weighted by Gasteiger charge is 2.11. The largest absolute Gasteiger partial charge is 0.497 e. The molecule has 0 bridgehead atoms. The van der Waals surface area contributed by atoms with E-state index in [0.717, 1.165) is 24.7 Å². The average molecular weight is 528 g/mol. The van der Waals surface area contributed by atoms with Crippen molar-refractivity contribution in [2.45, 2.75) is 4.34 Å². The summed E-state index contributed by atoms with van der Waals surface area (Å²) in [6.07, 6.45) is 0. The summed E-state index contributed by atoms with van der Waals surface area (Å²) in [7, 11) is 1.58. The average Bonchev–Trinajstić information content (AvgIpc) is 3.21. The van der Waals surface area contributed by atoms with Gasteiger partial charge in [-0.25, -0.2) is 4.98 Å². The van der Waals surface area contributed by atoms with Gasteiger partial charge in [0.2, 0.25) is 5.91 Å². The van der Waals surface area contributed by atoms with Crippen molar-refractivity contribution in [3.63, 3.8) is 0 Å². The van der Waals surface area contributed by atoms with Crippen LogP contribution in [0.4, 0.5) is 11.4 Å². The van der Waals surface area contributed by atoms with Gasteiger partial charge in [-0.3, -0.25) is 9.59 Å². The third-order valence-electron chi connectivity index (χ3n) is 4.43. The third kappa shape index (κ3) is 5.67. The number of carbonyl (C=O) groups is 2. The van der Waals surface area contributed by atoms with Gasteiger partial charge in [0.05, 0.1) is 23.1 Å². The number of hydrogen-bond donors (Lipinski definition) is 2. The molecule has 0 unspecified atom stereocenters. The van der Waals surface area contributed by atoms with Crippen LogP contribution < -0.4 is 15.4 Å². The number of ether oxygens (including phenoxy) is 1. The Hall–Kier alpha value is -2.88. The number of anilines is 2. The molecule has 0 aliphatic carbocycles. The first kappa shape index (κ1) is 22.3. The van der Waals surface area contributed by atoms with Crippen LogP contribution in [0.1, 0.15) is 10.4 Å². The van der Waals surface area contributed by atoms with Crippen LogP contribution in [0.5, 0.6) is 5.75 Å². The number of hydrogen-bond acceptors (Lipinski definition) is 6. The van der Waals surface area contributed by atoms with Crippen molar-refractivity contribution < 1.29 is 14.3 Å². The summed E-state index contributed by atoms with van der Waals surface area (Å²) >= 11 is 6.24. The Morgan fingerprint density at radius 2 is 1.72 bits per heavy atom. The first-order chi connectivity index (χ1) is 15.5. The summed E-state index contributed by atoms with van der Waals surface area (Å²) in [6.45, 7) is 0. The molecule has 9 heteroatoms. The SMILES string of the molecule is COc1ccc(C(=O)Nc2ccc3nc(SCC(=O)Nc4ccc(Br)cc4)sc3c2)cc1. The Kier molecular flexibility index (Phi) is 7.09. The van der Waals surface area contributed by atoms with E-state index in [-0.39, 0.29) is 17.6 Å². The minimum Gasteiger partial charge on any atom is -0.497 e. The van der Waals surface area contributed by atoms with Gasteiger partial charge in [-0.2, -0.15) is 0 Å². The number of nitrogens with zero attached hydrogens (tertiary/aromatic N) is 1. The number of thiazole rings is 1. The first-order valence-corrected chi connectivity index (χ1v) is 12.1. The molecule has 4 rings (SSSR count). The number of nitrogens with one attached hydrogen (secondary N) is 2. The van der Waals surface area contributed by atoms with Crippen LogP contribution in [0.15, 0.2) is 75.5 Å². The number of fused-ring (bicyclic) bond motifs is 1. The van der Waals surface area contributed by atoms with Gasteiger partial charge in [-0.15, -0.1) is 11.3 Å². The quantitative estimate of drug-likeness (QED) is 0.286. The van der Waals surface area contributed by atoms with Crippen LogP contribution in [-0.2, 0) is 4.79 Å². The van der Waals surface area contributed by atoms with E-state index in [0.29, 0.717) is 17.0 Å². The van der Waals surface area contributed by atoms with Crippen LogP contribution in [0, 0.1) is 0 Å². The van der Waals surface area contributed by atoms with Crippen LogP contribution >= 0.6 is 39.0 Å². The summed E-state index contributed by atoms with van der Waals surface area (Å²) in [5.74, 6) is 0.666. The van der Waals surface area contributed by atoms with Crippen molar-refractivity contribution in [2.24, 2.45) is 0 Å². The monoisotopic (exact) mass is 527 g/mol. The molecule has 0 saturated heterocycles. The highest BCUT2D eigenvalue weighted by atomic mass is 79.9. The van der Waals surface area contributed by atoms with Gasteiger partial charge < -0.3 is 15.4 Å². The van der Waals surface area contributed by atoms with E-state index in [1.807, 2.05) is 42.5 Å². The van der Waals surface area contributed by atoms with Gasteiger partial charge in [0.25, 0.3) is 5.91 Å². The van der Waals surface area contributed by atoms with Crippen molar-refractivity contribution in [1.29, 1.82) is 0 Å². The van der Waals surface area contributed by atoms with Crippen molar-refractivity contribution in [3.05, 3.63) is 76.8 Å². The maximum absolute atomic E-state index is 12.5. The highest BCUT2D eigenvalue weighted by molar-refractivity contribution is 9.10. The number of aromatic nitrogens is 1. The van der Waals surface area contributed by atoms with Crippen LogP contribution in [0.3, 0.4) is 0 Å². The fourth-order valence-electron chi connectivity index (χ4n) is 2.85. The molecule has 0 aliphatic heterocycles. The molecule has 162 valence electrons. The Morgan fingerprint density at radius 3 is 2.44 bits per heavy atom. The zero-order valence-corrected chi connectivity index (χ0v) is 20.1. The minimum absolute atomic E-state index is 0.0935. The van der Waals surface area contributed by atoms with Gasteiger partial charge in [-0.1, -0.05) is 27.7 Å². The Bertz CT molecular complexity index is 1260. The molecule has 0 aliphatic rings. The molecule has 2 N–H and O–H groups in total. The maximum Gasteiger partial charge on any atom is 0.255 e. The number of amides is 2. The molecular formula is C23H18BrN3O3S2. The number of thioether (sulfide) groups is 1. The van der Waals surface area contributed by atoms with Crippen LogP contribution in [-0.4, -0.2) is 29.7 Å².